The van der Waals surface area contributed by atoms with Crippen LogP contribution in [0.15, 0.2) is 18.5 Å². The van der Waals surface area contributed by atoms with Gasteiger partial charge in [-0.15, -0.1) is 0 Å². The normalized spacial score (nSPS) is 12.6. The van der Waals surface area contributed by atoms with Crippen LogP contribution in [0.4, 0.5) is 0 Å². The molecule has 1 heterocycles. The molecule has 88 valence electrons. The van der Waals surface area contributed by atoms with Crippen LogP contribution in [0.3, 0.4) is 0 Å². The third-order valence-electron chi connectivity index (χ3n) is 2.25. The molecule has 0 aliphatic heterocycles. The van der Waals surface area contributed by atoms with Crippen molar-refractivity contribution in [3.8, 4) is 0 Å². The van der Waals surface area contributed by atoms with Crippen LogP contribution in [0, 0.1) is 5.92 Å². The third kappa shape index (κ3) is 3.47. The second-order valence-electron chi connectivity index (χ2n) is 3.88. The molecule has 1 amide bonds. The first-order valence-electron chi connectivity index (χ1n) is 5.08. The molecule has 1 aromatic rings. The van der Waals surface area contributed by atoms with Gasteiger partial charge in [0.25, 0.3) is 5.91 Å². The number of halogens is 1. The molecule has 0 fully saturated rings. The highest BCUT2D eigenvalue weighted by atomic mass is 35.5. The smallest absolute Gasteiger partial charge is 0.254 e. The maximum atomic E-state index is 11.6. The van der Waals surface area contributed by atoms with Crippen LogP contribution in [0.5, 0.6) is 0 Å². The predicted octanol–water partition coefficient (Wildman–Crippen LogP) is 1.48. The van der Waals surface area contributed by atoms with E-state index in [1.165, 1.54) is 12.4 Å². The molecule has 0 aliphatic rings. The molecule has 0 aliphatic carbocycles. The van der Waals surface area contributed by atoms with Gasteiger partial charge in [-0.2, -0.15) is 0 Å². The summed E-state index contributed by atoms with van der Waals surface area (Å²) in [5, 5.41) is 12.5. The number of nitrogens with one attached hydrogen (secondary N) is 1. The largest absolute Gasteiger partial charge is 0.391 e. The van der Waals surface area contributed by atoms with E-state index in [-0.39, 0.29) is 18.4 Å². The Bertz CT molecular complexity index is 369. The number of hydrogen-bond donors (Lipinski definition) is 2. The van der Waals surface area contributed by atoms with Crippen molar-refractivity contribution in [3.05, 3.63) is 29.0 Å². The number of pyridine rings is 1. The van der Waals surface area contributed by atoms with Gasteiger partial charge in [0.2, 0.25) is 0 Å². The first kappa shape index (κ1) is 12.9. The SMILES string of the molecule is CC(C)C(O)CNC(=O)c1cnccc1Cl. The standard InChI is InChI=1S/C11H15ClN2O2/c1-7(2)10(15)6-14-11(16)8-5-13-4-3-9(8)12/h3-5,7,10,15H,6H2,1-2H3,(H,14,16). The van der Waals surface area contributed by atoms with Gasteiger partial charge in [0.15, 0.2) is 0 Å². The monoisotopic (exact) mass is 242 g/mol. The highest BCUT2D eigenvalue weighted by molar-refractivity contribution is 6.33. The van der Waals surface area contributed by atoms with E-state index in [2.05, 4.69) is 10.3 Å². The molecule has 5 heteroatoms. The highest BCUT2D eigenvalue weighted by Gasteiger charge is 2.13. The maximum Gasteiger partial charge on any atom is 0.254 e. The minimum Gasteiger partial charge on any atom is -0.391 e. The van der Waals surface area contributed by atoms with Crippen molar-refractivity contribution in [2.45, 2.75) is 20.0 Å². The molecule has 0 bridgehead atoms. The van der Waals surface area contributed by atoms with Crippen molar-refractivity contribution in [2.24, 2.45) is 5.92 Å². The van der Waals surface area contributed by atoms with Crippen molar-refractivity contribution < 1.29 is 9.90 Å². The summed E-state index contributed by atoms with van der Waals surface area (Å²) >= 11 is 5.83. The number of aromatic nitrogens is 1. The first-order valence-corrected chi connectivity index (χ1v) is 5.46. The molecule has 0 radical (unpaired) electrons. The van der Waals surface area contributed by atoms with E-state index in [0.29, 0.717) is 10.6 Å². The zero-order valence-corrected chi connectivity index (χ0v) is 10.0. The fourth-order valence-corrected chi connectivity index (χ4v) is 1.26. The number of aliphatic hydroxyl groups excluding tert-OH is 1. The van der Waals surface area contributed by atoms with Gasteiger partial charge in [-0.25, -0.2) is 0 Å². The van der Waals surface area contributed by atoms with Crippen LogP contribution in [0.1, 0.15) is 24.2 Å². The molecule has 2 N–H and O–H groups in total. The van der Waals surface area contributed by atoms with Gasteiger partial charge >= 0.3 is 0 Å². The van der Waals surface area contributed by atoms with Gasteiger partial charge in [0.1, 0.15) is 0 Å². The quantitative estimate of drug-likeness (QED) is 0.841. The zero-order valence-electron chi connectivity index (χ0n) is 9.27. The Morgan fingerprint density at radius 2 is 2.31 bits per heavy atom. The summed E-state index contributed by atoms with van der Waals surface area (Å²) in [5.74, 6) is -0.220. The number of aliphatic hydroxyl groups is 1. The highest BCUT2D eigenvalue weighted by Crippen LogP contribution is 2.13. The average molecular weight is 243 g/mol. The van der Waals surface area contributed by atoms with Gasteiger partial charge in [-0.3, -0.25) is 9.78 Å². The topological polar surface area (TPSA) is 62.2 Å². The number of hydrogen-bond acceptors (Lipinski definition) is 3. The van der Waals surface area contributed by atoms with Gasteiger partial charge < -0.3 is 10.4 Å². The molecule has 4 nitrogen and oxygen atoms in total. The van der Waals surface area contributed by atoms with E-state index in [1.807, 2.05) is 13.8 Å². The minimum absolute atomic E-state index is 0.102. The van der Waals surface area contributed by atoms with Crippen molar-refractivity contribution in [2.75, 3.05) is 6.54 Å². The molecular weight excluding hydrogens is 228 g/mol. The lowest BCUT2D eigenvalue weighted by Crippen LogP contribution is -2.34. The van der Waals surface area contributed by atoms with Gasteiger partial charge in [0, 0.05) is 18.9 Å². The van der Waals surface area contributed by atoms with Crippen molar-refractivity contribution >= 4 is 17.5 Å². The van der Waals surface area contributed by atoms with E-state index in [1.54, 1.807) is 6.07 Å². The van der Waals surface area contributed by atoms with Gasteiger partial charge in [0.05, 0.1) is 16.7 Å². The van der Waals surface area contributed by atoms with Crippen LogP contribution in [-0.2, 0) is 0 Å². The second kappa shape index (κ2) is 5.82. The molecule has 0 aromatic carbocycles. The lowest BCUT2D eigenvalue weighted by atomic mass is 10.1. The van der Waals surface area contributed by atoms with Crippen LogP contribution >= 0.6 is 11.6 Å². The van der Waals surface area contributed by atoms with Crippen molar-refractivity contribution in [1.29, 1.82) is 0 Å². The third-order valence-corrected chi connectivity index (χ3v) is 2.58. The maximum absolute atomic E-state index is 11.6. The summed E-state index contributed by atoms with van der Waals surface area (Å²) in [6, 6.07) is 1.55. The van der Waals surface area contributed by atoms with Gasteiger partial charge in [-0.1, -0.05) is 25.4 Å². The van der Waals surface area contributed by atoms with Crippen molar-refractivity contribution in [1.82, 2.24) is 10.3 Å². The summed E-state index contributed by atoms with van der Waals surface area (Å²) in [4.78, 5) is 15.5. The Morgan fingerprint density at radius 1 is 1.62 bits per heavy atom. The fourth-order valence-electron chi connectivity index (χ4n) is 1.07. The summed E-state index contributed by atoms with van der Waals surface area (Å²) in [6.45, 7) is 3.98. The molecule has 1 unspecified atom stereocenters. The number of amides is 1. The van der Waals surface area contributed by atoms with E-state index >= 15 is 0 Å². The number of rotatable bonds is 4. The Hall–Kier alpha value is -1.13. The molecule has 1 atom stereocenters. The molecule has 0 spiro atoms. The Morgan fingerprint density at radius 3 is 2.88 bits per heavy atom. The number of carbonyl (C=O) groups excluding carboxylic acids is 1. The van der Waals surface area contributed by atoms with Crippen LogP contribution in [0.25, 0.3) is 0 Å². The number of carbonyl (C=O) groups is 1. The molecule has 1 rings (SSSR count). The lowest BCUT2D eigenvalue weighted by Gasteiger charge is -2.15. The second-order valence-corrected chi connectivity index (χ2v) is 4.28. The summed E-state index contributed by atoms with van der Waals surface area (Å²) < 4.78 is 0. The van der Waals surface area contributed by atoms with E-state index in [4.69, 9.17) is 11.6 Å². The first-order chi connectivity index (χ1) is 7.52. The summed E-state index contributed by atoms with van der Waals surface area (Å²) in [7, 11) is 0. The Labute approximate surface area is 99.6 Å². The molecule has 16 heavy (non-hydrogen) atoms. The number of nitrogens with zero attached hydrogens (tertiary/aromatic N) is 1. The van der Waals surface area contributed by atoms with E-state index in [0.717, 1.165) is 0 Å². The minimum atomic E-state index is -0.556. The van der Waals surface area contributed by atoms with Crippen LogP contribution in [-0.4, -0.2) is 28.6 Å². The lowest BCUT2D eigenvalue weighted by molar-refractivity contribution is 0.0871. The zero-order chi connectivity index (χ0) is 12.1. The molecular formula is C11H15ClN2O2. The molecule has 0 saturated heterocycles. The predicted molar refractivity (Wildman–Crippen MR) is 62.4 cm³/mol. The Kier molecular flexibility index (Phi) is 4.71. The van der Waals surface area contributed by atoms with E-state index < -0.39 is 6.10 Å². The fraction of sp³-hybridized carbons (Fsp3) is 0.455. The van der Waals surface area contributed by atoms with Crippen LogP contribution in [0.2, 0.25) is 5.02 Å². The summed E-state index contributed by atoms with van der Waals surface area (Å²) in [5.41, 5.74) is 0.320. The molecule has 1 aromatic heterocycles. The molecule has 0 saturated carbocycles. The van der Waals surface area contributed by atoms with E-state index in [9.17, 15) is 9.90 Å². The Balaban J connectivity index is 2.57. The van der Waals surface area contributed by atoms with Gasteiger partial charge in [-0.05, 0) is 12.0 Å². The average Bonchev–Trinajstić information content (AvgIpc) is 2.25. The van der Waals surface area contributed by atoms with Crippen molar-refractivity contribution in [3.63, 3.8) is 0 Å². The summed E-state index contributed by atoms with van der Waals surface area (Å²) in [6.07, 6.45) is 2.36. The van der Waals surface area contributed by atoms with Crippen LogP contribution < -0.4 is 5.32 Å².